The molecule has 0 atom stereocenters. The number of para-hydroxylation sites is 1. The molecule has 0 aliphatic heterocycles. The van der Waals surface area contributed by atoms with Crippen molar-refractivity contribution in [3.63, 3.8) is 0 Å². The minimum absolute atomic E-state index is 0.401. The Morgan fingerprint density at radius 2 is 1.94 bits per heavy atom. The Bertz CT molecular complexity index is 1430. The normalized spacial score (nSPS) is 11.6. The van der Waals surface area contributed by atoms with Gasteiger partial charge in [0, 0.05) is 24.4 Å². The van der Waals surface area contributed by atoms with Crippen LogP contribution in [0.1, 0.15) is 12.0 Å². The van der Waals surface area contributed by atoms with Gasteiger partial charge in [0.2, 0.25) is 5.88 Å². The number of aromatic nitrogens is 5. The van der Waals surface area contributed by atoms with E-state index in [1.165, 1.54) is 6.20 Å². The molecule has 0 N–H and O–H groups in total. The predicted octanol–water partition coefficient (Wildman–Crippen LogP) is 3.89. The van der Waals surface area contributed by atoms with E-state index in [2.05, 4.69) is 37.7 Å². The second-order valence-corrected chi connectivity index (χ2v) is 9.83. The average molecular weight is 532 g/mol. The topological polar surface area (TPSA) is 101 Å². The lowest BCUT2D eigenvalue weighted by molar-refractivity contribution is 0.236. The molecule has 0 saturated carbocycles. The fourth-order valence-electron chi connectivity index (χ4n) is 3.33. The smallest absolute Gasteiger partial charge is 0.251 e. The summed E-state index contributed by atoms with van der Waals surface area (Å²) < 4.78 is 38.8. The molecule has 33 heavy (non-hydrogen) atoms. The van der Waals surface area contributed by atoms with Gasteiger partial charge in [0.1, 0.15) is 15.9 Å². The summed E-state index contributed by atoms with van der Waals surface area (Å²) in [6.07, 6.45) is 6.67. The zero-order chi connectivity index (χ0) is 23.6. The first kappa shape index (κ1) is 23.0. The summed E-state index contributed by atoms with van der Waals surface area (Å²) >= 11 is 3.34. The monoisotopic (exact) mass is 531 g/mol. The van der Waals surface area contributed by atoms with Crippen molar-refractivity contribution in [3.05, 3.63) is 59.5 Å². The van der Waals surface area contributed by atoms with E-state index in [9.17, 15) is 8.42 Å². The van der Waals surface area contributed by atoms with Crippen LogP contribution in [0.3, 0.4) is 0 Å². The van der Waals surface area contributed by atoms with Crippen LogP contribution in [0, 0.1) is 0 Å². The lowest BCUT2D eigenvalue weighted by atomic mass is 10.1. The SMILES string of the molecule is C=Cc1cnn(C)c1OCCCOc1ccccc1-c1cc2c(Br)nn(S(C)(=O)=O)c2cn1. The highest BCUT2D eigenvalue weighted by Crippen LogP contribution is 2.32. The molecule has 0 aliphatic carbocycles. The maximum absolute atomic E-state index is 12.0. The van der Waals surface area contributed by atoms with Crippen LogP contribution in [0.2, 0.25) is 0 Å². The quantitative estimate of drug-likeness (QED) is 0.302. The number of hydrogen-bond donors (Lipinski definition) is 0. The minimum atomic E-state index is -3.55. The highest BCUT2D eigenvalue weighted by molar-refractivity contribution is 9.10. The molecule has 9 nitrogen and oxygen atoms in total. The lowest BCUT2D eigenvalue weighted by Crippen LogP contribution is -2.11. The van der Waals surface area contributed by atoms with Gasteiger partial charge in [-0.1, -0.05) is 24.8 Å². The Morgan fingerprint density at radius 1 is 1.18 bits per heavy atom. The van der Waals surface area contributed by atoms with Gasteiger partial charge in [0.05, 0.1) is 43.1 Å². The lowest BCUT2D eigenvalue weighted by Gasteiger charge is -2.12. The number of rotatable bonds is 9. The zero-order valence-corrected chi connectivity index (χ0v) is 20.5. The van der Waals surface area contributed by atoms with Crippen molar-refractivity contribution in [3.8, 4) is 22.9 Å². The largest absolute Gasteiger partial charge is 0.493 e. The van der Waals surface area contributed by atoms with Crippen molar-refractivity contribution in [2.75, 3.05) is 19.5 Å². The van der Waals surface area contributed by atoms with Gasteiger partial charge in [-0.05, 0) is 34.1 Å². The van der Waals surface area contributed by atoms with Crippen molar-refractivity contribution in [2.45, 2.75) is 6.42 Å². The molecule has 0 amide bonds. The minimum Gasteiger partial charge on any atom is -0.493 e. The molecule has 11 heteroatoms. The van der Waals surface area contributed by atoms with Gasteiger partial charge in [-0.25, -0.2) is 13.1 Å². The number of pyridine rings is 1. The summed E-state index contributed by atoms with van der Waals surface area (Å²) in [5.74, 6) is 1.34. The third-order valence-corrected chi connectivity index (χ3v) is 6.38. The van der Waals surface area contributed by atoms with Crippen LogP contribution in [-0.4, -0.2) is 51.8 Å². The van der Waals surface area contributed by atoms with E-state index in [4.69, 9.17) is 9.47 Å². The number of halogens is 1. The molecule has 3 heterocycles. The van der Waals surface area contributed by atoms with Crippen molar-refractivity contribution in [2.24, 2.45) is 7.05 Å². The van der Waals surface area contributed by atoms with E-state index >= 15 is 0 Å². The molecule has 1 aromatic carbocycles. The van der Waals surface area contributed by atoms with Gasteiger partial charge >= 0.3 is 0 Å². The number of ether oxygens (including phenoxy) is 2. The van der Waals surface area contributed by atoms with Gasteiger partial charge in [0.25, 0.3) is 10.0 Å². The second kappa shape index (κ2) is 9.36. The number of fused-ring (bicyclic) bond motifs is 1. The molecule has 4 aromatic rings. The number of benzene rings is 1. The first-order chi connectivity index (χ1) is 15.8. The molecule has 0 bridgehead atoms. The third-order valence-electron chi connectivity index (χ3n) is 4.88. The van der Waals surface area contributed by atoms with Gasteiger partial charge in [-0.3, -0.25) is 4.98 Å². The van der Waals surface area contributed by atoms with Crippen LogP contribution >= 0.6 is 15.9 Å². The van der Waals surface area contributed by atoms with Crippen LogP contribution in [-0.2, 0) is 17.1 Å². The van der Waals surface area contributed by atoms with Crippen LogP contribution in [0.25, 0.3) is 28.2 Å². The van der Waals surface area contributed by atoms with Crippen LogP contribution < -0.4 is 9.47 Å². The molecule has 0 spiro atoms. The van der Waals surface area contributed by atoms with E-state index in [1.54, 1.807) is 23.0 Å². The Balaban J connectivity index is 1.48. The van der Waals surface area contributed by atoms with E-state index < -0.39 is 10.0 Å². The van der Waals surface area contributed by atoms with Crippen molar-refractivity contribution < 1.29 is 17.9 Å². The summed E-state index contributed by atoms with van der Waals surface area (Å²) in [6, 6.07) is 9.34. The number of nitrogens with zero attached hydrogens (tertiary/aromatic N) is 5. The maximum atomic E-state index is 12.0. The standard InChI is InChI=1S/C22H22BrN5O4S/c1-4-15-13-25-27(2)22(15)32-11-7-10-31-20-9-6-5-8-16(20)18-12-17-19(14-24-18)28(26-21(17)23)33(3,29)30/h4-6,8-9,12-14H,1,7,10-11H2,2-3H3. The van der Waals surface area contributed by atoms with Crippen LogP contribution in [0.4, 0.5) is 0 Å². The fraction of sp³-hybridized carbons (Fsp3) is 0.227. The highest BCUT2D eigenvalue weighted by atomic mass is 79.9. The number of hydrogen-bond acceptors (Lipinski definition) is 7. The number of aryl methyl sites for hydroxylation is 1. The maximum Gasteiger partial charge on any atom is 0.251 e. The molecule has 0 aliphatic rings. The average Bonchev–Trinajstić information content (AvgIpc) is 3.33. The first-order valence-electron chi connectivity index (χ1n) is 10.0. The second-order valence-electron chi connectivity index (χ2n) is 7.26. The van der Waals surface area contributed by atoms with Crippen LogP contribution in [0.5, 0.6) is 11.6 Å². The van der Waals surface area contributed by atoms with E-state index in [0.717, 1.165) is 21.5 Å². The summed E-state index contributed by atoms with van der Waals surface area (Å²) in [6.45, 7) is 4.67. The Hall–Kier alpha value is -3.18. The molecule has 0 saturated heterocycles. The third kappa shape index (κ3) is 4.79. The van der Waals surface area contributed by atoms with E-state index in [0.29, 0.717) is 52.5 Å². The Labute approximate surface area is 199 Å². The van der Waals surface area contributed by atoms with Crippen molar-refractivity contribution in [1.29, 1.82) is 0 Å². The molecule has 0 unspecified atom stereocenters. The van der Waals surface area contributed by atoms with E-state index in [-0.39, 0.29) is 0 Å². The fourth-order valence-corrected chi connectivity index (χ4v) is 4.64. The molecule has 0 fully saturated rings. The molecular weight excluding hydrogens is 510 g/mol. The Kier molecular flexibility index (Phi) is 6.52. The summed E-state index contributed by atoms with van der Waals surface area (Å²) in [5, 5.41) is 8.88. The summed E-state index contributed by atoms with van der Waals surface area (Å²) in [7, 11) is -1.73. The molecule has 0 radical (unpaired) electrons. The highest BCUT2D eigenvalue weighted by Gasteiger charge is 2.18. The zero-order valence-electron chi connectivity index (χ0n) is 18.1. The molecule has 3 aromatic heterocycles. The van der Waals surface area contributed by atoms with E-state index in [1.807, 2.05) is 31.3 Å². The Morgan fingerprint density at radius 3 is 2.70 bits per heavy atom. The molecule has 4 rings (SSSR count). The van der Waals surface area contributed by atoms with Gasteiger partial charge < -0.3 is 9.47 Å². The van der Waals surface area contributed by atoms with Crippen molar-refractivity contribution in [1.82, 2.24) is 24.0 Å². The van der Waals surface area contributed by atoms with Crippen LogP contribution in [0.15, 0.2) is 53.9 Å². The van der Waals surface area contributed by atoms with Gasteiger partial charge in [-0.2, -0.15) is 9.19 Å². The first-order valence-corrected chi connectivity index (χ1v) is 12.7. The predicted molar refractivity (Wildman–Crippen MR) is 130 cm³/mol. The van der Waals surface area contributed by atoms with Crippen molar-refractivity contribution >= 4 is 42.9 Å². The summed E-state index contributed by atoms with van der Waals surface area (Å²) in [4.78, 5) is 4.46. The van der Waals surface area contributed by atoms with Gasteiger partial charge in [0.15, 0.2) is 0 Å². The summed E-state index contributed by atoms with van der Waals surface area (Å²) in [5.41, 5.74) is 2.68. The molecular formula is C22H22BrN5O4S. The molecule has 172 valence electrons. The van der Waals surface area contributed by atoms with Gasteiger partial charge in [-0.15, -0.1) is 5.10 Å².